The molecule has 2 aliphatic carbocycles. The molecule has 3 atom stereocenters. The van der Waals surface area contributed by atoms with Crippen molar-refractivity contribution in [3.63, 3.8) is 0 Å². The van der Waals surface area contributed by atoms with Gasteiger partial charge in [-0.2, -0.15) is 4.72 Å². The molecule has 0 radical (unpaired) electrons. The summed E-state index contributed by atoms with van der Waals surface area (Å²) in [6.45, 7) is 0.202. The molecule has 1 saturated carbocycles. The highest BCUT2D eigenvalue weighted by Crippen LogP contribution is 2.64. The van der Waals surface area contributed by atoms with Crippen molar-refractivity contribution in [3.05, 3.63) is 93.5 Å². The summed E-state index contributed by atoms with van der Waals surface area (Å²) in [5.74, 6) is -0.910. The lowest BCUT2D eigenvalue weighted by Gasteiger charge is -2.21. The fourth-order valence-corrected chi connectivity index (χ4v) is 6.90. The van der Waals surface area contributed by atoms with E-state index in [-0.39, 0.29) is 23.3 Å². The monoisotopic (exact) mass is 518 g/mol. The molecule has 0 aliphatic heterocycles. The number of benzene rings is 3. The number of amides is 1. The van der Waals surface area contributed by atoms with E-state index in [0.29, 0.717) is 22.2 Å². The Labute approximate surface area is 206 Å². The van der Waals surface area contributed by atoms with E-state index in [1.165, 1.54) is 24.3 Å². The van der Waals surface area contributed by atoms with Crippen LogP contribution in [0.2, 0.25) is 10.0 Å². The number of hydrogen-bond acceptors (Lipinski definition) is 5. The highest BCUT2D eigenvalue weighted by Gasteiger charge is 2.74. The maximum absolute atomic E-state index is 13.2. The van der Waals surface area contributed by atoms with Crippen LogP contribution in [0, 0.1) is 5.92 Å². The van der Waals surface area contributed by atoms with Gasteiger partial charge in [0.25, 0.3) is 5.91 Å². The van der Waals surface area contributed by atoms with Gasteiger partial charge in [-0.25, -0.2) is 13.9 Å². The van der Waals surface area contributed by atoms with Gasteiger partial charge in [-0.1, -0.05) is 47.5 Å². The summed E-state index contributed by atoms with van der Waals surface area (Å²) in [4.78, 5) is 12.6. The number of hydrogen-bond donors (Lipinski definition) is 3. The van der Waals surface area contributed by atoms with E-state index in [9.17, 15) is 18.4 Å². The Morgan fingerprint density at radius 2 is 1.74 bits per heavy atom. The van der Waals surface area contributed by atoms with E-state index in [4.69, 9.17) is 27.9 Å². The summed E-state index contributed by atoms with van der Waals surface area (Å²) in [6.07, 6.45) is 0.553. The quantitative estimate of drug-likeness (QED) is 0.323. The van der Waals surface area contributed by atoms with Gasteiger partial charge in [0.1, 0.15) is 17.9 Å². The molecule has 0 unspecified atom stereocenters. The molecule has 3 aromatic carbocycles. The second-order valence-corrected chi connectivity index (χ2v) is 11.0. The number of carbonyl (C=O) groups excluding carboxylic acids is 1. The summed E-state index contributed by atoms with van der Waals surface area (Å²) >= 11 is 12.0. The van der Waals surface area contributed by atoms with Crippen molar-refractivity contribution in [1.82, 2.24) is 10.2 Å². The highest BCUT2D eigenvalue weighted by molar-refractivity contribution is 7.89. The van der Waals surface area contributed by atoms with Gasteiger partial charge in [-0.05, 0) is 65.6 Å². The Kier molecular flexibility index (Phi) is 5.82. The van der Waals surface area contributed by atoms with Crippen molar-refractivity contribution in [2.75, 3.05) is 0 Å². The number of sulfonamides is 1. The fourth-order valence-electron chi connectivity index (χ4n) is 4.91. The Hall–Kier alpha value is -2.62. The van der Waals surface area contributed by atoms with Crippen LogP contribution in [0.4, 0.5) is 0 Å². The minimum Gasteiger partial charge on any atom is -0.489 e. The molecule has 5 rings (SSSR count). The van der Waals surface area contributed by atoms with E-state index in [1.807, 2.05) is 24.3 Å². The molecule has 176 valence electrons. The first-order valence-corrected chi connectivity index (χ1v) is 12.7. The third kappa shape index (κ3) is 3.95. The van der Waals surface area contributed by atoms with Crippen molar-refractivity contribution in [1.29, 1.82) is 0 Å². The van der Waals surface area contributed by atoms with Crippen LogP contribution in [-0.4, -0.2) is 25.1 Å². The predicted octanol–water partition coefficient (Wildman–Crippen LogP) is 4.06. The third-order valence-electron chi connectivity index (χ3n) is 6.44. The zero-order valence-electron chi connectivity index (χ0n) is 17.7. The molecule has 1 fully saturated rings. The van der Waals surface area contributed by atoms with Crippen LogP contribution in [-0.2, 0) is 27.8 Å². The largest absolute Gasteiger partial charge is 0.489 e. The Morgan fingerprint density at radius 1 is 1.06 bits per heavy atom. The smallest absolute Gasteiger partial charge is 0.265 e. The number of rotatable bonds is 7. The molecular formula is C24H20Cl2N2O5S. The molecule has 0 saturated heterocycles. The number of fused-ring (bicyclic) bond motifs is 3. The molecule has 0 bridgehead atoms. The fraction of sp³-hybridized carbons (Fsp3) is 0.208. The van der Waals surface area contributed by atoms with Crippen LogP contribution in [0.25, 0.3) is 0 Å². The van der Waals surface area contributed by atoms with E-state index < -0.39 is 21.5 Å². The Morgan fingerprint density at radius 3 is 2.41 bits per heavy atom. The molecule has 0 heterocycles. The number of ether oxygens (including phenoxy) is 1. The predicted molar refractivity (Wildman–Crippen MR) is 127 cm³/mol. The lowest BCUT2D eigenvalue weighted by Crippen LogP contribution is -2.51. The van der Waals surface area contributed by atoms with Crippen LogP contribution >= 0.6 is 23.2 Å². The first kappa shape index (κ1) is 23.1. The summed E-state index contributed by atoms with van der Waals surface area (Å²) in [6, 6.07) is 18.6. The topological polar surface area (TPSA) is 105 Å². The minimum atomic E-state index is -4.06. The molecule has 1 amide bonds. The van der Waals surface area contributed by atoms with Crippen molar-refractivity contribution in [2.24, 2.45) is 5.92 Å². The Bertz CT molecular complexity index is 1360. The van der Waals surface area contributed by atoms with Crippen LogP contribution in [0.15, 0.2) is 71.6 Å². The van der Waals surface area contributed by atoms with Crippen LogP contribution < -0.4 is 14.9 Å². The molecule has 2 aliphatic rings. The molecule has 7 nitrogen and oxygen atoms in total. The van der Waals surface area contributed by atoms with Gasteiger partial charge in [-0.3, -0.25) is 10.0 Å². The minimum absolute atomic E-state index is 0.0194. The average Bonchev–Trinajstić information content (AvgIpc) is 3.22. The average molecular weight is 519 g/mol. The van der Waals surface area contributed by atoms with Crippen molar-refractivity contribution in [3.8, 4) is 5.75 Å². The second-order valence-electron chi connectivity index (χ2n) is 8.44. The number of hydroxylamine groups is 1. The molecule has 3 aromatic rings. The van der Waals surface area contributed by atoms with Gasteiger partial charge < -0.3 is 4.74 Å². The zero-order valence-corrected chi connectivity index (χ0v) is 20.0. The van der Waals surface area contributed by atoms with Crippen molar-refractivity contribution >= 4 is 39.1 Å². The van der Waals surface area contributed by atoms with Crippen molar-refractivity contribution < 1.29 is 23.2 Å². The molecule has 34 heavy (non-hydrogen) atoms. The van der Waals surface area contributed by atoms with Gasteiger partial charge in [0.2, 0.25) is 10.0 Å². The normalized spacial score (nSPS) is 22.6. The number of nitrogens with one attached hydrogen (secondary N) is 2. The van der Waals surface area contributed by atoms with Gasteiger partial charge in [-0.15, -0.1) is 0 Å². The molecular weight excluding hydrogens is 499 g/mol. The van der Waals surface area contributed by atoms with Crippen LogP contribution in [0.5, 0.6) is 5.75 Å². The van der Waals surface area contributed by atoms with E-state index in [1.54, 1.807) is 23.7 Å². The maximum atomic E-state index is 13.2. The summed E-state index contributed by atoms with van der Waals surface area (Å²) in [5.41, 5.74) is 2.99. The highest BCUT2D eigenvalue weighted by atomic mass is 35.5. The first-order valence-electron chi connectivity index (χ1n) is 10.5. The third-order valence-corrected chi connectivity index (χ3v) is 8.38. The first-order chi connectivity index (χ1) is 16.2. The Balaban J connectivity index is 1.33. The zero-order chi connectivity index (χ0) is 24.1. The summed E-state index contributed by atoms with van der Waals surface area (Å²) < 4.78 is 34.6. The van der Waals surface area contributed by atoms with E-state index in [2.05, 4.69) is 4.72 Å². The number of halogens is 2. The molecule has 0 spiro atoms. The SMILES string of the molecule is O=C(NO)[C@]1(NS(=O)(=O)c2ccc(OCc3cc(Cl)cc(Cl)c3)cc2)[C@@H]2c3ccccc3C[C@@H]21. The maximum Gasteiger partial charge on any atom is 0.265 e. The van der Waals surface area contributed by atoms with Crippen LogP contribution in [0.1, 0.15) is 22.6 Å². The summed E-state index contributed by atoms with van der Waals surface area (Å²) in [7, 11) is -4.06. The van der Waals surface area contributed by atoms with E-state index in [0.717, 1.165) is 16.7 Å². The molecule has 0 aromatic heterocycles. The van der Waals surface area contributed by atoms with E-state index >= 15 is 0 Å². The van der Waals surface area contributed by atoms with Gasteiger partial charge in [0, 0.05) is 21.9 Å². The van der Waals surface area contributed by atoms with Gasteiger partial charge in [0.15, 0.2) is 0 Å². The molecule has 3 N–H and O–H groups in total. The summed E-state index contributed by atoms with van der Waals surface area (Å²) in [5, 5.41) is 10.3. The van der Waals surface area contributed by atoms with Gasteiger partial charge >= 0.3 is 0 Å². The van der Waals surface area contributed by atoms with Crippen molar-refractivity contribution in [2.45, 2.75) is 29.4 Å². The van der Waals surface area contributed by atoms with Gasteiger partial charge in [0.05, 0.1) is 4.90 Å². The molecule has 10 heteroatoms. The second kappa shape index (κ2) is 8.55. The number of carbonyl (C=O) groups is 1. The lowest BCUT2D eigenvalue weighted by molar-refractivity contribution is -0.132. The lowest BCUT2D eigenvalue weighted by atomic mass is 9.98. The van der Waals surface area contributed by atoms with Crippen LogP contribution in [0.3, 0.4) is 0 Å². The standard InChI is InChI=1S/C24H20Cl2N2O5S/c25-16-9-14(10-17(26)12-16)13-33-18-5-7-19(8-6-18)34(31,32)28-24(23(29)27-30)21-11-15-3-1-2-4-20(15)22(21)24/h1-10,12,21-22,28,30H,11,13H2,(H,27,29)/t21-,22+,24+/m0/s1.